The minimum Gasteiger partial charge on any atom is -0.393 e. The van der Waals surface area contributed by atoms with E-state index in [-0.39, 0.29) is 12.0 Å². The second-order valence-corrected chi connectivity index (χ2v) is 5.47. The van der Waals surface area contributed by atoms with E-state index < -0.39 is 6.04 Å². The fourth-order valence-corrected chi connectivity index (χ4v) is 2.89. The van der Waals surface area contributed by atoms with Gasteiger partial charge in [0.25, 0.3) is 0 Å². The van der Waals surface area contributed by atoms with Crippen LogP contribution in [0, 0.1) is 5.92 Å². The normalized spacial score (nSPS) is 27.3. The van der Waals surface area contributed by atoms with Gasteiger partial charge in [0.15, 0.2) is 0 Å². The van der Waals surface area contributed by atoms with Crippen LogP contribution >= 0.6 is 0 Å². The van der Waals surface area contributed by atoms with E-state index in [9.17, 15) is 9.90 Å². The van der Waals surface area contributed by atoms with Crippen LogP contribution < -0.4 is 16.0 Å². The first kappa shape index (κ1) is 12.4. The maximum Gasteiger partial charge on any atom is 0.245 e. The molecule has 1 saturated heterocycles. The predicted molar refractivity (Wildman–Crippen MR) is 74.0 cm³/mol. The van der Waals surface area contributed by atoms with Crippen molar-refractivity contribution in [2.24, 2.45) is 11.7 Å². The molecule has 1 aromatic rings. The van der Waals surface area contributed by atoms with Crippen LogP contribution in [0.15, 0.2) is 18.2 Å². The van der Waals surface area contributed by atoms with Crippen molar-refractivity contribution in [3.63, 3.8) is 0 Å². The number of rotatable bonds is 2. The molecular weight excluding hydrogens is 242 g/mol. The van der Waals surface area contributed by atoms with Gasteiger partial charge in [0, 0.05) is 35.9 Å². The van der Waals surface area contributed by atoms with Gasteiger partial charge >= 0.3 is 0 Å². The third kappa shape index (κ3) is 2.09. The summed E-state index contributed by atoms with van der Waals surface area (Å²) < 4.78 is 0. The third-order valence-electron chi connectivity index (χ3n) is 4.18. The number of nitrogens with one attached hydrogen (secondary N) is 1. The molecule has 2 aliphatic heterocycles. The summed E-state index contributed by atoms with van der Waals surface area (Å²) in [4.78, 5) is 13.8. The van der Waals surface area contributed by atoms with Crippen molar-refractivity contribution < 1.29 is 9.90 Å². The Morgan fingerprint density at radius 2 is 2.32 bits per heavy atom. The second-order valence-electron chi connectivity index (χ2n) is 5.47. The summed E-state index contributed by atoms with van der Waals surface area (Å²) >= 11 is 0. The summed E-state index contributed by atoms with van der Waals surface area (Å²) in [5, 5.41) is 12.4. The molecule has 0 saturated carbocycles. The summed E-state index contributed by atoms with van der Waals surface area (Å²) in [6, 6.07) is 5.35. The SMILES string of the molecule is CC(O)C1CCN(c2ccc3c(c2)NC(=O)C3N)C1. The second kappa shape index (κ2) is 4.51. The molecule has 3 unspecified atom stereocenters. The number of nitrogens with zero attached hydrogens (tertiary/aromatic N) is 1. The molecule has 4 N–H and O–H groups in total. The third-order valence-corrected chi connectivity index (χ3v) is 4.18. The highest BCUT2D eigenvalue weighted by atomic mass is 16.3. The van der Waals surface area contributed by atoms with Crippen molar-refractivity contribution >= 4 is 17.3 Å². The summed E-state index contributed by atoms with van der Waals surface area (Å²) in [5.41, 5.74) is 8.55. The largest absolute Gasteiger partial charge is 0.393 e. The molecule has 0 aromatic heterocycles. The van der Waals surface area contributed by atoms with E-state index >= 15 is 0 Å². The molecule has 0 aliphatic carbocycles. The van der Waals surface area contributed by atoms with E-state index in [1.165, 1.54) is 0 Å². The lowest BCUT2D eigenvalue weighted by molar-refractivity contribution is -0.116. The zero-order chi connectivity index (χ0) is 13.6. The van der Waals surface area contributed by atoms with E-state index in [1.54, 1.807) is 0 Å². The summed E-state index contributed by atoms with van der Waals surface area (Å²) in [7, 11) is 0. The van der Waals surface area contributed by atoms with Crippen LogP contribution in [0.5, 0.6) is 0 Å². The van der Waals surface area contributed by atoms with Crippen LogP contribution in [0.1, 0.15) is 24.9 Å². The van der Waals surface area contributed by atoms with Crippen LogP contribution in [0.25, 0.3) is 0 Å². The number of carbonyl (C=O) groups is 1. The molecule has 19 heavy (non-hydrogen) atoms. The van der Waals surface area contributed by atoms with E-state index in [4.69, 9.17) is 5.73 Å². The number of benzene rings is 1. The van der Waals surface area contributed by atoms with Gasteiger partial charge in [0.05, 0.1) is 6.10 Å². The zero-order valence-electron chi connectivity index (χ0n) is 11.0. The Labute approximate surface area is 112 Å². The number of amides is 1. The molecule has 1 fully saturated rings. The van der Waals surface area contributed by atoms with Gasteiger partial charge in [-0.15, -0.1) is 0 Å². The molecule has 3 rings (SSSR count). The topological polar surface area (TPSA) is 78.6 Å². The number of aliphatic hydroxyl groups excluding tert-OH is 1. The molecule has 1 amide bonds. The quantitative estimate of drug-likeness (QED) is 0.737. The Morgan fingerprint density at radius 1 is 1.53 bits per heavy atom. The van der Waals surface area contributed by atoms with Crippen molar-refractivity contribution in [2.45, 2.75) is 25.5 Å². The predicted octanol–water partition coefficient (Wildman–Crippen LogP) is 0.846. The van der Waals surface area contributed by atoms with Gasteiger partial charge < -0.3 is 21.1 Å². The monoisotopic (exact) mass is 261 g/mol. The lowest BCUT2D eigenvalue weighted by atomic mass is 10.0. The van der Waals surface area contributed by atoms with Gasteiger partial charge in [-0.05, 0) is 25.5 Å². The fraction of sp³-hybridized carbons (Fsp3) is 0.500. The number of fused-ring (bicyclic) bond motifs is 1. The van der Waals surface area contributed by atoms with E-state index in [0.717, 1.165) is 36.4 Å². The smallest absolute Gasteiger partial charge is 0.245 e. The van der Waals surface area contributed by atoms with Gasteiger partial charge in [-0.1, -0.05) is 6.07 Å². The van der Waals surface area contributed by atoms with Crippen LogP contribution in [-0.4, -0.2) is 30.2 Å². The lowest BCUT2D eigenvalue weighted by Crippen LogP contribution is -2.23. The van der Waals surface area contributed by atoms with Crippen LogP contribution in [-0.2, 0) is 4.79 Å². The van der Waals surface area contributed by atoms with Crippen LogP contribution in [0.2, 0.25) is 0 Å². The molecule has 3 atom stereocenters. The number of aliphatic hydroxyl groups is 1. The average molecular weight is 261 g/mol. The van der Waals surface area contributed by atoms with Crippen molar-refractivity contribution in [1.29, 1.82) is 0 Å². The van der Waals surface area contributed by atoms with Crippen molar-refractivity contribution in [1.82, 2.24) is 0 Å². The molecule has 102 valence electrons. The standard InChI is InChI=1S/C14H19N3O2/c1-8(18)9-4-5-17(7-9)10-2-3-11-12(6-10)16-14(19)13(11)15/h2-3,6,8-9,13,18H,4-5,7,15H2,1H3,(H,16,19). The van der Waals surface area contributed by atoms with Crippen molar-refractivity contribution in [3.05, 3.63) is 23.8 Å². The van der Waals surface area contributed by atoms with Gasteiger partial charge in [0.1, 0.15) is 6.04 Å². The highest BCUT2D eigenvalue weighted by Crippen LogP contribution is 2.34. The number of carbonyl (C=O) groups excluding carboxylic acids is 1. The lowest BCUT2D eigenvalue weighted by Gasteiger charge is -2.20. The van der Waals surface area contributed by atoms with E-state index in [1.807, 2.05) is 25.1 Å². The first-order chi connectivity index (χ1) is 9.06. The Bertz CT molecular complexity index is 515. The van der Waals surface area contributed by atoms with E-state index in [0.29, 0.717) is 5.92 Å². The molecule has 0 bridgehead atoms. The fourth-order valence-electron chi connectivity index (χ4n) is 2.89. The van der Waals surface area contributed by atoms with Crippen molar-refractivity contribution in [3.8, 4) is 0 Å². The molecule has 5 heteroatoms. The Morgan fingerprint density at radius 3 is 3.00 bits per heavy atom. The highest BCUT2D eigenvalue weighted by molar-refractivity contribution is 6.02. The molecule has 0 radical (unpaired) electrons. The Kier molecular flexibility index (Phi) is 2.95. The number of nitrogens with two attached hydrogens (primary N) is 1. The Hall–Kier alpha value is -1.59. The molecule has 2 aliphatic rings. The molecule has 1 aromatic carbocycles. The molecule has 2 heterocycles. The van der Waals surface area contributed by atoms with Crippen LogP contribution in [0.4, 0.5) is 11.4 Å². The zero-order valence-corrected chi connectivity index (χ0v) is 11.0. The summed E-state index contributed by atoms with van der Waals surface area (Å²) in [6.45, 7) is 3.64. The first-order valence-corrected chi connectivity index (χ1v) is 6.69. The summed E-state index contributed by atoms with van der Waals surface area (Å²) in [6.07, 6.45) is 0.730. The van der Waals surface area contributed by atoms with Gasteiger partial charge in [0.2, 0.25) is 5.91 Å². The number of hydrogen-bond acceptors (Lipinski definition) is 4. The molecule has 5 nitrogen and oxygen atoms in total. The van der Waals surface area contributed by atoms with Crippen LogP contribution in [0.3, 0.4) is 0 Å². The minimum atomic E-state index is -0.548. The number of hydrogen-bond donors (Lipinski definition) is 3. The molecular formula is C14H19N3O2. The van der Waals surface area contributed by atoms with Gasteiger partial charge in [-0.25, -0.2) is 0 Å². The van der Waals surface area contributed by atoms with Crippen molar-refractivity contribution in [2.75, 3.05) is 23.3 Å². The first-order valence-electron chi connectivity index (χ1n) is 6.69. The highest BCUT2D eigenvalue weighted by Gasteiger charge is 2.30. The minimum absolute atomic E-state index is 0.143. The molecule has 0 spiro atoms. The maximum atomic E-state index is 11.5. The Balaban J connectivity index is 1.81. The van der Waals surface area contributed by atoms with E-state index in [2.05, 4.69) is 10.2 Å². The van der Waals surface area contributed by atoms with Gasteiger partial charge in [-0.3, -0.25) is 4.79 Å². The maximum absolute atomic E-state index is 11.5. The van der Waals surface area contributed by atoms with Gasteiger partial charge in [-0.2, -0.15) is 0 Å². The number of anilines is 2. The summed E-state index contributed by atoms with van der Waals surface area (Å²) in [5.74, 6) is 0.181. The average Bonchev–Trinajstić information content (AvgIpc) is 2.96.